The summed E-state index contributed by atoms with van der Waals surface area (Å²) in [5.74, 6) is 1.24. The van der Waals surface area contributed by atoms with E-state index in [0.29, 0.717) is 30.2 Å². The van der Waals surface area contributed by atoms with Gasteiger partial charge in [-0.1, -0.05) is 42.5 Å². The van der Waals surface area contributed by atoms with E-state index in [0.717, 1.165) is 19.6 Å². The van der Waals surface area contributed by atoms with Crippen molar-refractivity contribution in [1.82, 2.24) is 9.80 Å². The molecular weight excluding hydrogens is 340 g/mol. The smallest absolute Gasteiger partial charge is 0.257 e. The number of hydrogen-bond acceptors (Lipinski definition) is 4. The fourth-order valence-electron chi connectivity index (χ4n) is 3.18. The molecule has 2 aromatic carbocycles. The molecule has 0 aliphatic carbocycles. The van der Waals surface area contributed by atoms with Crippen LogP contribution in [-0.4, -0.2) is 62.7 Å². The molecule has 1 saturated heterocycles. The van der Waals surface area contributed by atoms with Crippen LogP contribution in [0.15, 0.2) is 54.6 Å². The van der Waals surface area contributed by atoms with Crippen molar-refractivity contribution in [3.8, 4) is 11.5 Å². The molecule has 0 saturated carbocycles. The van der Waals surface area contributed by atoms with Crippen LogP contribution in [0.4, 0.5) is 0 Å². The van der Waals surface area contributed by atoms with Crippen LogP contribution in [0.3, 0.4) is 0 Å². The number of benzene rings is 2. The first-order chi connectivity index (χ1) is 13.2. The van der Waals surface area contributed by atoms with Gasteiger partial charge in [0.1, 0.15) is 11.5 Å². The maximum Gasteiger partial charge on any atom is 0.257 e. The predicted molar refractivity (Wildman–Crippen MR) is 107 cm³/mol. The molecule has 0 bridgehead atoms. The van der Waals surface area contributed by atoms with Crippen LogP contribution in [0, 0.1) is 0 Å². The number of amides is 1. The Labute approximate surface area is 160 Å². The number of methoxy groups -OCH3 is 2. The van der Waals surface area contributed by atoms with E-state index in [-0.39, 0.29) is 5.91 Å². The molecule has 1 aliphatic rings. The van der Waals surface area contributed by atoms with E-state index in [2.05, 4.69) is 29.2 Å². The van der Waals surface area contributed by atoms with E-state index in [1.807, 2.05) is 23.1 Å². The van der Waals surface area contributed by atoms with Crippen molar-refractivity contribution in [2.75, 3.05) is 46.9 Å². The molecule has 0 aromatic heterocycles. The summed E-state index contributed by atoms with van der Waals surface area (Å²) in [6, 6.07) is 15.6. The summed E-state index contributed by atoms with van der Waals surface area (Å²) in [5, 5.41) is 0. The van der Waals surface area contributed by atoms with Gasteiger partial charge in [-0.15, -0.1) is 0 Å². The van der Waals surface area contributed by atoms with Crippen molar-refractivity contribution < 1.29 is 14.3 Å². The second kappa shape index (κ2) is 9.24. The molecule has 1 heterocycles. The van der Waals surface area contributed by atoms with Crippen LogP contribution < -0.4 is 9.47 Å². The fraction of sp³-hybridized carbons (Fsp3) is 0.318. The summed E-state index contributed by atoms with van der Waals surface area (Å²) >= 11 is 0. The van der Waals surface area contributed by atoms with Crippen LogP contribution in [-0.2, 0) is 0 Å². The van der Waals surface area contributed by atoms with Crippen molar-refractivity contribution in [3.05, 3.63) is 65.7 Å². The molecule has 1 fully saturated rings. The molecule has 27 heavy (non-hydrogen) atoms. The summed E-state index contributed by atoms with van der Waals surface area (Å²) in [6.07, 6.45) is 4.32. The van der Waals surface area contributed by atoms with Crippen LogP contribution >= 0.6 is 0 Å². The van der Waals surface area contributed by atoms with Gasteiger partial charge in [-0.05, 0) is 17.7 Å². The molecule has 1 aliphatic heterocycles. The summed E-state index contributed by atoms with van der Waals surface area (Å²) < 4.78 is 10.6. The molecule has 0 unspecified atom stereocenters. The lowest BCUT2D eigenvalue weighted by atomic mass is 10.1. The van der Waals surface area contributed by atoms with Gasteiger partial charge >= 0.3 is 0 Å². The Morgan fingerprint density at radius 3 is 2.41 bits per heavy atom. The van der Waals surface area contributed by atoms with Crippen molar-refractivity contribution >= 4 is 12.0 Å². The summed E-state index contributed by atoms with van der Waals surface area (Å²) in [6.45, 7) is 4.05. The molecule has 0 spiro atoms. The van der Waals surface area contributed by atoms with Gasteiger partial charge in [-0.2, -0.15) is 0 Å². The SMILES string of the molecule is COc1ccc(C(=O)N2CCN(CC=Cc3ccccc3)CC2)c(OC)c1. The van der Waals surface area contributed by atoms with Gasteiger partial charge in [0.15, 0.2) is 0 Å². The minimum absolute atomic E-state index is 0.00832. The highest BCUT2D eigenvalue weighted by Crippen LogP contribution is 2.26. The second-order valence-corrected chi connectivity index (χ2v) is 6.47. The number of nitrogens with zero attached hydrogens (tertiary/aromatic N) is 2. The Balaban J connectivity index is 1.54. The number of piperazine rings is 1. The largest absolute Gasteiger partial charge is 0.497 e. The van der Waals surface area contributed by atoms with Crippen LogP contribution in [0.1, 0.15) is 15.9 Å². The van der Waals surface area contributed by atoms with Gasteiger partial charge in [0.2, 0.25) is 0 Å². The highest BCUT2D eigenvalue weighted by Gasteiger charge is 2.24. The maximum atomic E-state index is 12.9. The van der Waals surface area contributed by atoms with E-state index < -0.39 is 0 Å². The van der Waals surface area contributed by atoms with E-state index >= 15 is 0 Å². The molecule has 0 N–H and O–H groups in total. The quantitative estimate of drug-likeness (QED) is 0.788. The van der Waals surface area contributed by atoms with Gasteiger partial charge in [0.05, 0.1) is 19.8 Å². The topological polar surface area (TPSA) is 42.0 Å². The summed E-state index contributed by atoms with van der Waals surface area (Å²) in [5.41, 5.74) is 1.79. The monoisotopic (exact) mass is 366 g/mol. The van der Waals surface area contributed by atoms with Gasteiger partial charge in [-0.3, -0.25) is 9.69 Å². The van der Waals surface area contributed by atoms with Crippen LogP contribution in [0.25, 0.3) is 6.08 Å². The fourth-order valence-corrected chi connectivity index (χ4v) is 3.18. The molecule has 3 rings (SSSR count). The first-order valence-corrected chi connectivity index (χ1v) is 9.16. The first kappa shape index (κ1) is 19.0. The molecule has 5 nitrogen and oxygen atoms in total. The number of carbonyl (C=O) groups excluding carboxylic acids is 1. The Morgan fingerprint density at radius 2 is 1.74 bits per heavy atom. The molecule has 0 atom stereocenters. The summed E-state index contributed by atoms with van der Waals surface area (Å²) in [7, 11) is 3.17. The Bertz CT molecular complexity index is 781. The zero-order valence-electron chi connectivity index (χ0n) is 15.9. The highest BCUT2D eigenvalue weighted by molar-refractivity contribution is 5.97. The molecule has 1 amide bonds. The number of ether oxygens (including phenoxy) is 2. The zero-order chi connectivity index (χ0) is 19.1. The number of hydrogen-bond donors (Lipinski definition) is 0. The third-order valence-electron chi connectivity index (χ3n) is 4.77. The molecule has 5 heteroatoms. The van der Waals surface area contributed by atoms with Gasteiger partial charge in [0, 0.05) is 38.8 Å². The van der Waals surface area contributed by atoms with Crippen molar-refractivity contribution in [2.45, 2.75) is 0 Å². The lowest BCUT2D eigenvalue weighted by Gasteiger charge is -2.34. The van der Waals surface area contributed by atoms with Crippen molar-refractivity contribution in [3.63, 3.8) is 0 Å². The number of rotatable bonds is 6. The highest BCUT2D eigenvalue weighted by atomic mass is 16.5. The molecular formula is C22H26N2O3. The Morgan fingerprint density at radius 1 is 1.00 bits per heavy atom. The normalized spacial score (nSPS) is 15.1. The minimum atomic E-state index is 0.00832. The third-order valence-corrected chi connectivity index (χ3v) is 4.77. The Kier molecular flexibility index (Phi) is 6.49. The lowest BCUT2D eigenvalue weighted by molar-refractivity contribution is 0.0647. The first-order valence-electron chi connectivity index (χ1n) is 9.16. The average molecular weight is 366 g/mol. The maximum absolute atomic E-state index is 12.9. The van der Waals surface area contributed by atoms with Gasteiger partial charge in [-0.25, -0.2) is 0 Å². The van der Waals surface area contributed by atoms with Crippen molar-refractivity contribution in [2.24, 2.45) is 0 Å². The average Bonchev–Trinajstić information content (AvgIpc) is 2.74. The predicted octanol–water partition coefficient (Wildman–Crippen LogP) is 3.18. The van der Waals surface area contributed by atoms with Crippen LogP contribution in [0.5, 0.6) is 11.5 Å². The van der Waals surface area contributed by atoms with Gasteiger partial charge < -0.3 is 14.4 Å². The third kappa shape index (κ3) is 4.89. The van der Waals surface area contributed by atoms with Crippen LogP contribution in [0.2, 0.25) is 0 Å². The molecule has 2 aromatic rings. The minimum Gasteiger partial charge on any atom is -0.497 e. The molecule has 142 valence electrons. The van der Waals surface area contributed by atoms with E-state index in [4.69, 9.17) is 9.47 Å². The Hall–Kier alpha value is -2.79. The molecule has 0 radical (unpaired) electrons. The van der Waals surface area contributed by atoms with E-state index in [1.165, 1.54) is 5.56 Å². The second-order valence-electron chi connectivity index (χ2n) is 6.47. The van der Waals surface area contributed by atoms with Gasteiger partial charge in [0.25, 0.3) is 5.91 Å². The standard InChI is InChI=1S/C22H26N2O3/c1-26-19-10-11-20(21(17-19)27-2)22(25)24-15-13-23(14-16-24)12-6-9-18-7-4-3-5-8-18/h3-11,17H,12-16H2,1-2H3. The van der Waals surface area contributed by atoms with E-state index in [9.17, 15) is 4.79 Å². The van der Waals surface area contributed by atoms with Crippen molar-refractivity contribution in [1.29, 1.82) is 0 Å². The zero-order valence-corrected chi connectivity index (χ0v) is 15.9. The summed E-state index contributed by atoms with van der Waals surface area (Å²) in [4.78, 5) is 17.1. The number of carbonyl (C=O) groups is 1. The lowest BCUT2D eigenvalue weighted by Crippen LogP contribution is -2.48. The van der Waals surface area contributed by atoms with E-state index in [1.54, 1.807) is 32.4 Å².